The quantitative estimate of drug-likeness (QED) is 0.275. The molecule has 0 saturated carbocycles. The van der Waals surface area contributed by atoms with E-state index in [0.29, 0.717) is 40.8 Å². The fraction of sp³-hybridized carbons (Fsp3) is 0.419. The van der Waals surface area contributed by atoms with E-state index in [9.17, 15) is 32.7 Å². The number of halogens is 3. The maximum Gasteiger partial charge on any atom is 0.305 e. The molecule has 2 heterocycles. The van der Waals surface area contributed by atoms with Gasteiger partial charge in [-0.25, -0.2) is 13.2 Å². The molecule has 1 aromatic carbocycles. The first-order valence-corrected chi connectivity index (χ1v) is 13.8. The van der Waals surface area contributed by atoms with E-state index in [1.807, 2.05) is 13.8 Å². The Morgan fingerprint density at radius 3 is 2.52 bits per heavy atom. The number of aliphatic carboxylic acids is 1. The fourth-order valence-corrected chi connectivity index (χ4v) is 4.86. The maximum atomic E-state index is 14.7. The van der Waals surface area contributed by atoms with Crippen molar-refractivity contribution in [1.82, 2.24) is 19.8 Å². The van der Waals surface area contributed by atoms with E-state index in [0.717, 1.165) is 0 Å². The lowest BCUT2D eigenvalue weighted by atomic mass is 9.96. The predicted molar refractivity (Wildman–Crippen MR) is 154 cm³/mol. The van der Waals surface area contributed by atoms with Gasteiger partial charge in [-0.2, -0.15) is 0 Å². The highest BCUT2D eigenvalue weighted by molar-refractivity contribution is 5.82. The molecule has 0 radical (unpaired) electrons. The Hall–Kier alpha value is -3.99. The number of carbonyl (C=O) groups excluding carboxylic acids is 1. The number of pyridine rings is 2. The van der Waals surface area contributed by atoms with Gasteiger partial charge in [0.05, 0.1) is 19.0 Å². The van der Waals surface area contributed by atoms with Crippen LogP contribution >= 0.6 is 0 Å². The molecule has 0 aliphatic rings. The molecule has 11 heteroatoms. The third kappa shape index (κ3) is 9.01. The minimum absolute atomic E-state index is 0.000399. The van der Waals surface area contributed by atoms with Crippen molar-refractivity contribution in [2.24, 2.45) is 5.92 Å². The van der Waals surface area contributed by atoms with E-state index < -0.39 is 48.2 Å². The molecule has 0 spiro atoms. The summed E-state index contributed by atoms with van der Waals surface area (Å²) in [4.78, 5) is 44.1. The number of amides is 1. The van der Waals surface area contributed by atoms with Crippen LogP contribution in [0.3, 0.4) is 0 Å². The predicted octanol–water partition coefficient (Wildman–Crippen LogP) is 5.02. The minimum Gasteiger partial charge on any atom is -0.481 e. The summed E-state index contributed by atoms with van der Waals surface area (Å²) in [6, 6.07) is 7.24. The van der Waals surface area contributed by atoms with E-state index in [-0.39, 0.29) is 18.9 Å². The summed E-state index contributed by atoms with van der Waals surface area (Å²) in [5.41, 5.74) is 2.08. The average molecular weight is 587 g/mol. The summed E-state index contributed by atoms with van der Waals surface area (Å²) < 4.78 is 41.4. The van der Waals surface area contributed by atoms with Crippen LogP contribution in [0.4, 0.5) is 13.2 Å². The van der Waals surface area contributed by atoms with Gasteiger partial charge in [-0.3, -0.25) is 19.4 Å². The van der Waals surface area contributed by atoms with Gasteiger partial charge in [-0.05, 0) is 61.6 Å². The van der Waals surface area contributed by atoms with Gasteiger partial charge in [-0.1, -0.05) is 32.0 Å². The Morgan fingerprint density at radius 1 is 1.14 bits per heavy atom. The number of aromatic nitrogens is 2. The van der Waals surface area contributed by atoms with Gasteiger partial charge < -0.3 is 19.9 Å². The van der Waals surface area contributed by atoms with Crippen molar-refractivity contribution in [1.29, 1.82) is 0 Å². The second kappa shape index (κ2) is 14.8. The summed E-state index contributed by atoms with van der Waals surface area (Å²) in [5.74, 6) is -2.18. The highest BCUT2D eigenvalue weighted by Gasteiger charge is 2.27. The van der Waals surface area contributed by atoms with Crippen molar-refractivity contribution in [2.75, 3.05) is 20.1 Å². The molecule has 226 valence electrons. The molecule has 2 atom stereocenters. The van der Waals surface area contributed by atoms with E-state index in [1.54, 1.807) is 44.4 Å². The molecule has 0 aliphatic heterocycles. The van der Waals surface area contributed by atoms with Gasteiger partial charge in [0.1, 0.15) is 11.9 Å². The van der Waals surface area contributed by atoms with Crippen LogP contribution in [-0.4, -0.2) is 58.0 Å². The van der Waals surface area contributed by atoms with E-state index in [2.05, 4.69) is 10.3 Å². The maximum absolute atomic E-state index is 14.7. The van der Waals surface area contributed by atoms with E-state index in [4.69, 9.17) is 0 Å². The zero-order chi connectivity index (χ0) is 31.0. The molecular formula is C31H37F3N4O4. The molecule has 42 heavy (non-hydrogen) atoms. The smallest absolute Gasteiger partial charge is 0.305 e. The number of carboxylic acids is 1. The number of nitrogens with zero attached hydrogens (tertiary/aromatic N) is 3. The molecule has 2 aromatic heterocycles. The number of likely N-dealkylation sites (N-methyl/N-ethyl adjacent to an activating group) is 1. The van der Waals surface area contributed by atoms with Gasteiger partial charge in [0.15, 0.2) is 0 Å². The van der Waals surface area contributed by atoms with Crippen LogP contribution in [0.1, 0.15) is 55.5 Å². The van der Waals surface area contributed by atoms with Gasteiger partial charge in [0.2, 0.25) is 5.91 Å². The summed E-state index contributed by atoms with van der Waals surface area (Å²) in [5, 5.41) is 12.4. The fourth-order valence-electron chi connectivity index (χ4n) is 4.86. The number of aryl methyl sites for hydroxylation is 1. The van der Waals surface area contributed by atoms with E-state index >= 15 is 0 Å². The van der Waals surface area contributed by atoms with Gasteiger partial charge in [0, 0.05) is 42.3 Å². The van der Waals surface area contributed by atoms with Crippen LogP contribution in [-0.2, 0) is 16.0 Å². The molecule has 1 amide bonds. The summed E-state index contributed by atoms with van der Waals surface area (Å²) >= 11 is 0. The molecule has 3 rings (SSSR count). The molecule has 8 nitrogen and oxygen atoms in total. The highest BCUT2D eigenvalue weighted by Crippen LogP contribution is 2.29. The van der Waals surface area contributed by atoms with Crippen LogP contribution in [0.25, 0.3) is 11.1 Å². The lowest BCUT2D eigenvalue weighted by Crippen LogP contribution is -2.40. The first-order valence-electron chi connectivity index (χ1n) is 13.8. The first kappa shape index (κ1) is 32.5. The summed E-state index contributed by atoms with van der Waals surface area (Å²) in [7, 11) is 1.58. The highest BCUT2D eigenvalue weighted by atomic mass is 19.3. The normalized spacial score (nSPS) is 13.0. The number of rotatable bonds is 14. The number of nitrogens with one attached hydrogen (secondary N) is 1. The molecule has 0 fully saturated rings. The van der Waals surface area contributed by atoms with Gasteiger partial charge in [-0.15, -0.1) is 0 Å². The van der Waals surface area contributed by atoms with Crippen molar-refractivity contribution in [2.45, 2.75) is 58.5 Å². The van der Waals surface area contributed by atoms with Crippen LogP contribution in [0.2, 0.25) is 0 Å². The Kier molecular flexibility index (Phi) is 11.4. The number of hydrogen-bond donors (Lipinski definition) is 2. The average Bonchev–Trinajstić information content (AvgIpc) is 2.90. The van der Waals surface area contributed by atoms with Crippen LogP contribution in [0, 0.1) is 18.7 Å². The molecule has 0 saturated heterocycles. The number of alkyl halides is 2. The number of carbonyl (C=O) groups is 2. The summed E-state index contributed by atoms with van der Waals surface area (Å²) in [6.45, 7) is 5.49. The lowest BCUT2D eigenvalue weighted by molar-refractivity contribution is -0.138. The third-order valence-corrected chi connectivity index (χ3v) is 6.93. The topological polar surface area (TPSA) is 105 Å². The van der Waals surface area contributed by atoms with E-state index in [1.165, 1.54) is 34.0 Å². The Morgan fingerprint density at radius 2 is 1.88 bits per heavy atom. The van der Waals surface area contributed by atoms with Gasteiger partial charge >= 0.3 is 5.97 Å². The zero-order valence-corrected chi connectivity index (χ0v) is 24.2. The van der Waals surface area contributed by atoms with Gasteiger partial charge in [0.25, 0.3) is 12.0 Å². The van der Waals surface area contributed by atoms with Crippen molar-refractivity contribution in [3.8, 4) is 11.1 Å². The number of carboxylic acid groups (broad SMARTS) is 1. The van der Waals surface area contributed by atoms with Crippen molar-refractivity contribution in [3.05, 3.63) is 87.9 Å². The SMILES string of the molecule is Cc1cccc(F)c1-c1cncc([C@H](CC(=O)O)NC(=O)[C@H](CC(C)C)n2cc(CCN(C)CC(F)F)ccc2=O)c1. The standard InChI is InChI=1S/C31H37F3N4O4/c1-19(2)12-26(38-17-21(8-9-28(38)39)10-11-37(4)18-27(33)34)31(42)36-25(14-29(40)41)22-13-23(16-35-15-22)30-20(3)6-5-7-24(30)32/h5-9,13,15-17,19,25-27H,10-12,14,18H2,1-4H3,(H,36,42)(H,40,41)/t25-,26-/m0/s1. The zero-order valence-electron chi connectivity index (χ0n) is 24.2. The van der Waals surface area contributed by atoms with Crippen LogP contribution in [0.5, 0.6) is 0 Å². The number of hydrogen-bond acceptors (Lipinski definition) is 5. The number of benzene rings is 1. The minimum atomic E-state index is -2.46. The summed E-state index contributed by atoms with van der Waals surface area (Å²) in [6.07, 6.45) is 2.19. The Bertz CT molecular complexity index is 1420. The monoisotopic (exact) mass is 586 g/mol. The second-order valence-corrected chi connectivity index (χ2v) is 10.9. The molecule has 2 N–H and O–H groups in total. The molecule has 3 aromatic rings. The van der Waals surface area contributed by atoms with Crippen molar-refractivity contribution in [3.63, 3.8) is 0 Å². The van der Waals surface area contributed by atoms with Crippen LogP contribution < -0.4 is 10.9 Å². The molecule has 0 bridgehead atoms. The van der Waals surface area contributed by atoms with Crippen molar-refractivity contribution < 1.29 is 27.9 Å². The Balaban J connectivity index is 1.93. The molecule has 0 unspecified atom stereocenters. The van der Waals surface area contributed by atoms with Crippen LogP contribution in [0.15, 0.2) is 59.8 Å². The van der Waals surface area contributed by atoms with Crippen molar-refractivity contribution >= 4 is 11.9 Å². The Labute approximate surface area is 243 Å². The molecule has 0 aliphatic carbocycles. The second-order valence-electron chi connectivity index (χ2n) is 10.9. The lowest BCUT2D eigenvalue weighted by Gasteiger charge is -2.25. The first-order chi connectivity index (χ1) is 19.8. The largest absolute Gasteiger partial charge is 0.481 e. The third-order valence-electron chi connectivity index (χ3n) is 6.93. The molecular weight excluding hydrogens is 549 g/mol.